The molecule has 33 heavy (non-hydrogen) atoms. The van der Waals surface area contributed by atoms with Gasteiger partial charge in [0.25, 0.3) is 5.91 Å². The van der Waals surface area contributed by atoms with Crippen LogP contribution in [0.15, 0.2) is 78.3 Å². The Bertz CT molecular complexity index is 1300. The number of pyridine rings is 1. The number of hydrogen-bond donors (Lipinski definition) is 2. The monoisotopic (exact) mass is 454 g/mol. The van der Waals surface area contributed by atoms with Gasteiger partial charge in [0.05, 0.1) is 16.6 Å². The number of fused-ring (bicyclic) bond motifs is 1. The van der Waals surface area contributed by atoms with E-state index in [1.54, 1.807) is 18.5 Å². The number of imidazole rings is 1. The number of nitrogens with zero attached hydrogens (tertiary/aromatic N) is 4. The van der Waals surface area contributed by atoms with Gasteiger partial charge in [-0.15, -0.1) is 0 Å². The molecule has 8 nitrogen and oxygen atoms in total. The molecule has 2 aromatic heterocycles. The minimum absolute atomic E-state index is 0.00636. The quantitative estimate of drug-likeness (QED) is 0.262. The Morgan fingerprint density at radius 3 is 2.52 bits per heavy atom. The van der Waals surface area contributed by atoms with Crippen molar-refractivity contribution in [1.29, 1.82) is 0 Å². The van der Waals surface area contributed by atoms with E-state index in [0.717, 1.165) is 35.3 Å². The van der Waals surface area contributed by atoms with E-state index in [1.807, 2.05) is 28.8 Å². The molecule has 1 amide bonds. The van der Waals surface area contributed by atoms with Crippen molar-refractivity contribution in [2.75, 3.05) is 11.9 Å². The van der Waals surface area contributed by atoms with E-state index >= 15 is 0 Å². The number of hydrogen-bond acceptors (Lipinski definition) is 5. The van der Waals surface area contributed by atoms with E-state index in [2.05, 4.69) is 20.4 Å². The highest BCUT2D eigenvalue weighted by Gasteiger charge is 2.29. The van der Waals surface area contributed by atoms with Gasteiger partial charge >= 0.3 is 6.18 Å². The molecule has 4 aromatic rings. The molecule has 168 valence electrons. The first-order chi connectivity index (χ1) is 15.8. The number of oxime groups is 1. The molecule has 0 aliphatic heterocycles. The number of benzene rings is 2. The molecule has 2 aromatic carbocycles. The Labute approximate surface area is 185 Å². The molecule has 0 aliphatic rings. The fourth-order valence-electron chi connectivity index (χ4n) is 2.97. The molecule has 0 bridgehead atoms. The van der Waals surface area contributed by atoms with Gasteiger partial charge in [0.2, 0.25) is 0 Å². The van der Waals surface area contributed by atoms with E-state index in [9.17, 15) is 18.0 Å². The van der Waals surface area contributed by atoms with E-state index in [0.29, 0.717) is 11.4 Å². The van der Waals surface area contributed by atoms with Crippen LogP contribution < -0.4 is 11.1 Å². The second-order valence-corrected chi connectivity index (χ2v) is 6.88. The van der Waals surface area contributed by atoms with Crippen molar-refractivity contribution < 1.29 is 22.8 Å². The molecule has 0 spiro atoms. The topological polar surface area (TPSA) is 107 Å². The second kappa shape index (κ2) is 8.99. The first-order valence-corrected chi connectivity index (χ1v) is 9.63. The summed E-state index contributed by atoms with van der Waals surface area (Å²) in [5, 5.41) is 6.10. The van der Waals surface area contributed by atoms with Crippen LogP contribution >= 0.6 is 0 Å². The molecule has 0 saturated heterocycles. The lowest BCUT2D eigenvalue weighted by Gasteiger charge is -2.08. The molecule has 11 heteroatoms. The molecule has 4 rings (SSSR count). The van der Waals surface area contributed by atoms with E-state index in [1.165, 1.54) is 6.20 Å². The van der Waals surface area contributed by atoms with Crippen LogP contribution in [0.5, 0.6) is 0 Å². The number of nitrogens with two attached hydrogens (primary N) is 1. The van der Waals surface area contributed by atoms with Crippen molar-refractivity contribution in [3.05, 3.63) is 84.3 Å². The molecule has 0 atom stereocenters. The fourth-order valence-corrected chi connectivity index (χ4v) is 2.97. The highest BCUT2D eigenvalue weighted by atomic mass is 19.4. The summed E-state index contributed by atoms with van der Waals surface area (Å²) in [6.45, 7) is -0.478. The number of carbonyl (C=O) groups is 1. The van der Waals surface area contributed by atoms with Crippen molar-refractivity contribution in [2.24, 2.45) is 10.9 Å². The first kappa shape index (κ1) is 21.8. The summed E-state index contributed by atoms with van der Waals surface area (Å²) in [5.41, 5.74) is 7.49. The number of para-hydroxylation sites is 2. The zero-order valence-electron chi connectivity index (χ0n) is 17.0. The number of anilines is 1. The van der Waals surface area contributed by atoms with Crippen LogP contribution in [-0.4, -0.2) is 32.9 Å². The maximum atomic E-state index is 12.6. The van der Waals surface area contributed by atoms with Crippen molar-refractivity contribution in [1.82, 2.24) is 14.5 Å². The second-order valence-electron chi connectivity index (χ2n) is 6.88. The lowest BCUT2D eigenvalue weighted by atomic mass is 10.2. The van der Waals surface area contributed by atoms with Gasteiger partial charge < -0.3 is 15.9 Å². The van der Waals surface area contributed by atoms with Crippen LogP contribution in [-0.2, 0) is 15.8 Å². The van der Waals surface area contributed by atoms with Crippen molar-refractivity contribution in [3.63, 3.8) is 0 Å². The normalized spacial score (nSPS) is 12.0. The van der Waals surface area contributed by atoms with Crippen molar-refractivity contribution in [3.8, 4) is 5.82 Å². The van der Waals surface area contributed by atoms with Gasteiger partial charge in [0.1, 0.15) is 12.1 Å². The van der Waals surface area contributed by atoms with Gasteiger partial charge in [-0.05, 0) is 48.5 Å². The summed E-state index contributed by atoms with van der Waals surface area (Å²) < 4.78 is 39.6. The number of amides is 1. The number of aromatic nitrogens is 3. The maximum absolute atomic E-state index is 12.6. The molecular weight excluding hydrogens is 437 g/mol. The number of alkyl halides is 3. The van der Waals surface area contributed by atoms with Gasteiger partial charge in [-0.3, -0.25) is 9.36 Å². The van der Waals surface area contributed by atoms with E-state index in [-0.39, 0.29) is 11.5 Å². The molecule has 0 aliphatic carbocycles. The molecule has 0 unspecified atom stereocenters. The fraction of sp³-hybridized carbons (Fsp3) is 0.0909. The lowest BCUT2D eigenvalue weighted by Crippen LogP contribution is -2.19. The predicted octanol–water partition coefficient (Wildman–Crippen LogP) is 3.71. The minimum atomic E-state index is -4.45. The minimum Gasteiger partial charge on any atom is -0.384 e. The van der Waals surface area contributed by atoms with Crippen LogP contribution in [0.25, 0.3) is 16.9 Å². The highest BCUT2D eigenvalue weighted by Crippen LogP contribution is 2.29. The number of amidine groups is 1. The van der Waals surface area contributed by atoms with E-state index in [4.69, 9.17) is 10.6 Å². The summed E-state index contributed by atoms with van der Waals surface area (Å²) in [6.07, 6.45) is -1.27. The van der Waals surface area contributed by atoms with Crippen LogP contribution in [0.1, 0.15) is 11.1 Å². The van der Waals surface area contributed by atoms with Gasteiger partial charge in [-0.25, -0.2) is 9.97 Å². The summed E-state index contributed by atoms with van der Waals surface area (Å²) in [5.74, 6) is 0.0377. The van der Waals surface area contributed by atoms with Gasteiger partial charge in [0, 0.05) is 17.4 Å². The van der Waals surface area contributed by atoms with Crippen LogP contribution in [0.2, 0.25) is 0 Å². The van der Waals surface area contributed by atoms with Gasteiger partial charge in [0.15, 0.2) is 12.4 Å². The van der Waals surface area contributed by atoms with E-state index < -0.39 is 24.3 Å². The third-order valence-electron chi connectivity index (χ3n) is 4.60. The largest absolute Gasteiger partial charge is 0.416 e. The van der Waals surface area contributed by atoms with Crippen LogP contribution in [0.4, 0.5) is 18.9 Å². The molecule has 0 fully saturated rings. The summed E-state index contributed by atoms with van der Waals surface area (Å²) >= 11 is 0. The predicted molar refractivity (Wildman–Crippen MR) is 116 cm³/mol. The molecule has 0 radical (unpaired) electrons. The summed E-state index contributed by atoms with van der Waals surface area (Å²) in [6, 6.07) is 15.1. The third kappa shape index (κ3) is 5.09. The molecule has 0 saturated carbocycles. The Balaban J connectivity index is 1.34. The standard InChI is InChI=1S/C22H17F3N6O2/c23-22(24,25)15-6-8-16(9-7-15)29-20(32)12-33-30-21(26)14-5-10-19(27-11-14)31-13-28-17-3-1-2-4-18(17)31/h1-11,13H,12H2,(H2,26,30)(H,29,32). The van der Waals surface area contributed by atoms with Crippen molar-refractivity contribution in [2.45, 2.75) is 6.18 Å². The molecule has 2 heterocycles. The Morgan fingerprint density at radius 1 is 1.06 bits per heavy atom. The molecule has 3 N–H and O–H groups in total. The average molecular weight is 454 g/mol. The van der Waals surface area contributed by atoms with Crippen molar-refractivity contribution >= 4 is 28.5 Å². The van der Waals surface area contributed by atoms with Crippen LogP contribution in [0, 0.1) is 0 Å². The summed E-state index contributed by atoms with van der Waals surface area (Å²) in [4.78, 5) is 25.5. The lowest BCUT2D eigenvalue weighted by molar-refractivity contribution is -0.137. The zero-order chi connectivity index (χ0) is 23.4. The Kier molecular flexibility index (Phi) is 5.94. The smallest absolute Gasteiger partial charge is 0.384 e. The highest BCUT2D eigenvalue weighted by molar-refractivity contribution is 5.97. The zero-order valence-corrected chi connectivity index (χ0v) is 17.0. The average Bonchev–Trinajstić information content (AvgIpc) is 3.23. The number of carbonyl (C=O) groups excluding carboxylic acids is 1. The Hall–Kier alpha value is -4.41. The van der Waals surface area contributed by atoms with Crippen LogP contribution in [0.3, 0.4) is 0 Å². The number of nitrogens with one attached hydrogen (secondary N) is 1. The van der Waals surface area contributed by atoms with Gasteiger partial charge in [-0.2, -0.15) is 13.2 Å². The Morgan fingerprint density at radius 2 is 1.82 bits per heavy atom. The third-order valence-corrected chi connectivity index (χ3v) is 4.60. The number of halogens is 3. The summed E-state index contributed by atoms with van der Waals surface area (Å²) in [7, 11) is 0. The molecular formula is C22H17F3N6O2. The maximum Gasteiger partial charge on any atom is 0.416 e. The first-order valence-electron chi connectivity index (χ1n) is 9.63. The number of rotatable bonds is 6. The van der Waals surface area contributed by atoms with Gasteiger partial charge in [-0.1, -0.05) is 17.3 Å². The SMILES string of the molecule is NC(=NOCC(=O)Nc1ccc(C(F)(F)F)cc1)c1ccc(-n2cnc3ccccc32)nc1.